The lowest BCUT2D eigenvalue weighted by atomic mass is 9.86. The van der Waals surface area contributed by atoms with E-state index >= 15 is 0 Å². The van der Waals surface area contributed by atoms with E-state index in [1.807, 2.05) is 0 Å². The van der Waals surface area contributed by atoms with Crippen molar-refractivity contribution in [1.29, 1.82) is 5.41 Å². The van der Waals surface area contributed by atoms with Crippen LogP contribution in [0.1, 0.15) is 45.4 Å². The van der Waals surface area contributed by atoms with E-state index in [0.717, 1.165) is 38.8 Å². The Bertz CT molecular complexity index is 517. The van der Waals surface area contributed by atoms with Crippen LogP contribution in [0.2, 0.25) is 0 Å². The first-order valence-corrected chi connectivity index (χ1v) is 7.92. The smallest absolute Gasteiger partial charge is 0.183 e. The fourth-order valence-corrected chi connectivity index (χ4v) is 3.12. The monoisotopic (exact) mass is 307 g/mol. The van der Waals surface area contributed by atoms with Gasteiger partial charge >= 0.3 is 0 Å². The van der Waals surface area contributed by atoms with Gasteiger partial charge in [-0.05, 0) is 59.2 Å². The van der Waals surface area contributed by atoms with Gasteiger partial charge in [0.25, 0.3) is 0 Å². The summed E-state index contributed by atoms with van der Waals surface area (Å²) in [7, 11) is 0. The fourth-order valence-electron chi connectivity index (χ4n) is 3.12. The largest absolute Gasteiger partial charge is 0.365 e. The Kier molecular flexibility index (Phi) is 5.45. The Labute approximate surface area is 131 Å². The number of piperidine rings is 1. The zero-order chi connectivity index (χ0) is 16.2. The molecule has 0 saturated carbocycles. The molecule has 122 valence electrons. The summed E-state index contributed by atoms with van der Waals surface area (Å²) in [6.45, 7) is 8.21. The van der Waals surface area contributed by atoms with E-state index in [9.17, 15) is 4.39 Å². The van der Waals surface area contributed by atoms with Crippen molar-refractivity contribution in [2.24, 2.45) is 0 Å². The van der Waals surface area contributed by atoms with Crippen LogP contribution >= 0.6 is 0 Å². The van der Waals surface area contributed by atoms with Gasteiger partial charge in [0, 0.05) is 18.1 Å². The average Bonchev–Trinajstić information content (AvgIpc) is 2.45. The molecular weight excluding hydrogens is 281 g/mol. The number of nitrogens with one attached hydrogen (secondary N) is 2. The van der Waals surface area contributed by atoms with E-state index in [1.54, 1.807) is 6.92 Å². The third kappa shape index (κ3) is 4.22. The minimum absolute atomic E-state index is 0.0660. The molecule has 22 heavy (non-hydrogen) atoms. The van der Waals surface area contributed by atoms with E-state index < -0.39 is 5.82 Å². The van der Waals surface area contributed by atoms with Gasteiger partial charge in [0.05, 0.1) is 6.20 Å². The van der Waals surface area contributed by atoms with Crippen molar-refractivity contribution in [3.63, 3.8) is 0 Å². The Balaban J connectivity index is 1.96. The minimum atomic E-state index is -0.392. The second kappa shape index (κ2) is 7.13. The van der Waals surface area contributed by atoms with Crippen molar-refractivity contribution in [3.05, 3.63) is 17.8 Å². The number of nitrogens with zero attached hydrogens (tertiary/aromatic N) is 3. The average molecular weight is 307 g/mol. The molecule has 2 rings (SSSR count). The maximum atomic E-state index is 13.8. The number of aromatic nitrogens is 2. The minimum Gasteiger partial charge on any atom is -0.365 e. The van der Waals surface area contributed by atoms with Gasteiger partial charge in [0.15, 0.2) is 11.6 Å². The van der Waals surface area contributed by atoms with E-state index in [-0.39, 0.29) is 11.6 Å². The lowest BCUT2D eigenvalue weighted by molar-refractivity contribution is 0.0700. The first-order valence-electron chi connectivity index (χ1n) is 7.92. The highest BCUT2D eigenvalue weighted by Crippen LogP contribution is 2.29. The molecule has 1 aliphatic rings. The van der Waals surface area contributed by atoms with Crippen molar-refractivity contribution in [2.45, 2.75) is 58.0 Å². The molecule has 0 radical (unpaired) electrons. The summed E-state index contributed by atoms with van der Waals surface area (Å²) in [5.74, 6) is 0.495. The number of hydrogen-bond donors (Lipinski definition) is 2. The first-order chi connectivity index (χ1) is 10.4. The summed E-state index contributed by atoms with van der Waals surface area (Å²) in [6.07, 6.45) is 6.46. The fraction of sp³-hybridized carbons (Fsp3) is 0.688. The summed E-state index contributed by atoms with van der Waals surface area (Å²) < 4.78 is 13.8. The molecule has 1 aromatic heterocycles. The topological polar surface area (TPSA) is 64.9 Å². The second-order valence-electron chi connectivity index (χ2n) is 6.59. The van der Waals surface area contributed by atoms with Crippen LogP contribution in [-0.2, 0) is 0 Å². The number of halogens is 1. The van der Waals surface area contributed by atoms with Gasteiger partial charge in [0.2, 0.25) is 0 Å². The quantitative estimate of drug-likeness (QED) is 0.626. The van der Waals surface area contributed by atoms with E-state index in [1.165, 1.54) is 12.4 Å². The molecule has 1 aliphatic heterocycles. The van der Waals surface area contributed by atoms with E-state index in [2.05, 4.69) is 34.0 Å². The molecule has 2 N–H and O–H groups in total. The van der Waals surface area contributed by atoms with Crippen molar-refractivity contribution in [1.82, 2.24) is 14.9 Å². The summed E-state index contributed by atoms with van der Waals surface area (Å²) in [4.78, 5) is 10.5. The molecule has 0 aromatic carbocycles. The molecule has 5 nitrogen and oxygen atoms in total. The molecule has 6 heteroatoms. The third-order valence-corrected chi connectivity index (χ3v) is 4.33. The predicted octanol–water partition coefficient (Wildman–Crippen LogP) is 3.01. The molecule has 0 amide bonds. The molecule has 1 atom stereocenters. The van der Waals surface area contributed by atoms with Gasteiger partial charge in [-0.15, -0.1) is 0 Å². The third-order valence-electron chi connectivity index (χ3n) is 4.33. The summed E-state index contributed by atoms with van der Waals surface area (Å²) in [5, 5.41) is 10.4. The van der Waals surface area contributed by atoms with Crippen LogP contribution < -0.4 is 5.32 Å². The van der Waals surface area contributed by atoms with Gasteiger partial charge in [-0.3, -0.25) is 4.90 Å². The number of rotatable bonds is 6. The second-order valence-corrected chi connectivity index (χ2v) is 6.59. The van der Waals surface area contributed by atoms with Gasteiger partial charge in [-0.25, -0.2) is 14.4 Å². The molecule has 0 spiro atoms. The number of aryl methyl sites for hydroxylation is 1. The lowest BCUT2D eigenvalue weighted by Crippen LogP contribution is -2.53. The predicted molar refractivity (Wildman–Crippen MR) is 87.0 cm³/mol. The molecular formula is C16H26FN5. The van der Waals surface area contributed by atoms with Gasteiger partial charge in [0.1, 0.15) is 5.82 Å². The van der Waals surface area contributed by atoms with E-state index in [0.29, 0.717) is 11.6 Å². The maximum Gasteiger partial charge on any atom is 0.183 e. The normalized spacial score (nSPS) is 21.5. The molecule has 0 bridgehead atoms. The summed E-state index contributed by atoms with van der Waals surface area (Å²) in [5.41, 5.74) is 0.0660. The van der Waals surface area contributed by atoms with E-state index in [4.69, 9.17) is 5.41 Å². The Morgan fingerprint density at radius 1 is 1.55 bits per heavy atom. The van der Waals surface area contributed by atoms with Crippen molar-refractivity contribution in [2.75, 3.05) is 18.4 Å². The van der Waals surface area contributed by atoms with Crippen LogP contribution in [0.25, 0.3) is 0 Å². The van der Waals surface area contributed by atoms with Gasteiger partial charge < -0.3 is 10.7 Å². The zero-order valence-electron chi connectivity index (χ0n) is 13.7. The van der Waals surface area contributed by atoms with Crippen molar-refractivity contribution in [3.8, 4) is 0 Å². The highest BCUT2D eigenvalue weighted by molar-refractivity contribution is 5.52. The van der Waals surface area contributed by atoms with Crippen LogP contribution in [0, 0.1) is 18.2 Å². The highest BCUT2D eigenvalue weighted by Gasteiger charge is 2.34. The standard InChI is InChI=1S/C16H26FN5/c1-12-19-11-14(17)15(20-12)21-13-6-9-22(8-5-4-7-18)16(2,3)10-13/h7,11,13,18H,4-6,8-10H2,1-3H3,(H,19,20,21)/t13-/m1/s1. The first kappa shape index (κ1) is 16.8. The van der Waals surface area contributed by atoms with Crippen molar-refractivity contribution >= 4 is 12.0 Å². The van der Waals surface area contributed by atoms with Crippen LogP contribution in [0.5, 0.6) is 0 Å². The zero-order valence-corrected chi connectivity index (χ0v) is 13.7. The van der Waals surface area contributed by atoms with Gasteiger partial charge in [-0.2, -0.15) is 0 Å². The van der Waals surface area contributed by atoms with Crippen LogP contribution in [0.4, 0.5) is 10.2 Å². The molecule has 1 saturated heterocycles. The molecule has 0 aliphatic carbocycles. The molecule has 0 unspecified atom stereocenters. The highest BCUT2D eigenvalue weighted by atomic mass is 19.1. The number of unbranched alkanes of at least 4 members (excludes halogenated alkanes) is 1. The lowest BCUT2D eigenvalue weighted by Gasteiger charge is -2.46. The SMILES string of the molecule is Cc1ncc(F)c(N[C@@H]2CCN(CCCC=N)C(C)(C)C2)n1. The van der Waals surface area contributed by atoms with Gasteiger partial charge in [-0.1, -0.05) is 0 Å². The van der Waals surface area contributed by atoms with Crippen LogP contribution in [0.15, 0.2) is 6.20 Å². The summed E-state index contributed by atoms with van der Waals surface area (Å²) >= 11 is 0. The van der Waals surface area contributed by atoms with Crippen LogP contribution in [-0.4, -0.2) is 45.8 Å². The van der Waals surface area contributed by atoms with Crippen LogP contribution in [0.3, 0.4) is 0 Å². The number of likely N-dealkylation sites (tertiary alicyclic amines) is 1. The molecule has 1 aromatic rings. The molecule has 1 fully saturated rings. The summed E-state index contributed by atoms with van der Waals surface area (Å²) in [6, 6.07) is 0.220. The molecule has 2 heterocycles. The Morgan fingerprint density at radius 3 is 3.00 bits per heavy atom. The maximum absolute atomic E-state index is 13.8. The Hall–Kier alpha value is -1.56. The Morgan fingerprint density at radius 2 is 2.32 bits per heavy atom. The number of anilines is 1. The number of hydrogen-bond acceptors (Lipinski definition) is 5. The van der Waals surface area contributed by atoms with Crippen molar-refractivity contribution < 1.29 is 4.39 Å².